The van der Waals surface area contributed by atoms with Gasteiger partial charge >= 0.3 is 0 Å². The number of nitrogens with two attached hydrogens (primary N) is 1. The second kappa shape index (κ2) is 13.2. The molecule has 0 radical (unpaired) electrons. The topological polar surface area (TPSA) is 196 Å². The van der Waals surface area contributed by atoms with E-state index in [1.165, 1.54) is 9.80 Å². The SMILES string of the molecule is Nc1ccc(CN(CCN(CCN(CC(=O)[O-])CC(=O)[O-])CC(=O)[O-])CC(=O)[O-])cc1. The standard InChI is InChI=1S/C19H28N4O8/c20-15-3-1-14(2-4-15)9-22(11-17(26)27)7-5-21(10-16(24)25)6-8-23(12-18(28)29)13-19(30)31/h1-4H,5-13,20H2,(H,24,25)(H,26,27)(H,28,29)(H,30,31)/p-4. The molecule has 0 aromatic heterocycles. The van der Waals surface area contributed by atoms with Crippen LogP contribution in [0.5, 0.6) is 0 Å². The summed E-state index contributed by atoms with van der Waals surface area (Å²) in [5.74, 6) is -5.68. The molecular weight excluding hydrogens is 412 g/mol. The molecule has 12 nitrogen and oxygen atoms in total. The molecule has 0 aliphatic heterocycles. The highest BCUT2D eigenvalue weighted by atomic mass is 16.4. The summed E-state index contributed by atoms with van der Waals surface area (Å²) in [6, 6.07) is 6.79. The number of hydrogen-bond donors (Lipinski definition) is 1. The summed E-state index contributed by atoms with van der Waals surface area (Å²) in [6.07, 6.45) is 0. The summed E-state index contributed by atoms with van der Waals surface area (Å²) < 4.78 is 0. The Balaban J connectivity index is 2.75. The molecule has 0 fully saturated rings. The zero-order chi connectivity index (χ0) is 23.4. The lowest BCUT2D eigenvalue weighted by molar-refractivity contribution is -0.311. The Morgan fingerprint density at radius 3 is 1.42 bits per heavy atom. The first-order chi connectivity index (χ1) is 14.5. The average Bonchev–Trinajstić information content (AvgIpc) is 2.63. The monoisotopic (exact) mass is 436 g/mol. The van der Waals surface area contributed by atoms with Crippen LogP contribution in [0.25, 0.3) is 0 Å². The molecule has 172 valence electrons. The number of anilines is 1. The van der Waals surface area contributed by atoms with Gasteiger partial charge in [-0.15, -0.1) is 0 Å². The van der Waals surface area contributed by atoms with E-state index < -0.39 is 50.1 Å². The van der Waals surface area contributed by atoms with Crippen molar-refractivity contribution in [1.29, 1.82) is 0 Å². The van der Waals surface area contributed by atoms with Gasteiger partial charge in [0.2, 0.25) is 0 Å². The van der Waals surface area contributed by atoms with Crippen molar-refractivity contribution in [2.75, 3.05) is 58.1 Å². The molecule has 31 heavy (non-hydrogen) atoms. The lowest BCUT2D eigenvalue weighted by Gasteiger charge is -2.30. The van der Waals surface area contributed by atoms with E-state index in [4.69, 9.17) is 5.73 Å². The van der Waals surface area contributed by atoms with Crippen molar-refractivity contribution in [1.82, 2.24) is 14.7 Å². The zero-order valence-electron chi connectivity index (χ0n) is 16.9. The molecule has 0 unspecified atom stereocenters. The Kier molecular flexibility index (Phi) is 11.0. The van der Waals surface area contributed by atoms with Crippen molar-refractivity contribution < 1.29 is 39.6 Å². The maximum absolute atomic E-state index is 11.1. The van der Waals surface area contributed by atoms with Crippen LogP contribution in [0.2, 0.25) is 0 Å². The van der Waals surface area contributed by atoms with Crippen molar-refractivity contribution in [2.24, 2.45) is 0 Å². The number of nitrogen functional groups attached to an aromatic ring is 1. The maximum Gasteiger partial charge on any atom is 0.0555 e. The third kappa shape index (κ3) is 12.2. The van der Waals surface area contributed by atoms with Crippen molar-refractivity contribution in [3.63, 3.8) is 0 Å². The number of rotatable bonds is 16. The third-order valence-electron chi connectivity index (χ3n) is 4.26. The highest BCUT2D eigenvalue weighted by Gasteiger charge is 2.13. The Hall–Kier alpha value is -3.22. The molecule has 1 aromatic rings. The highest BCUT2D eigenvalue weighted by molar-refractivity contribution is 5.70. The van der Waals surface area contributed by atoms with Crippen LogP contribution in [0, 0.1) is 0 Å². The molecule has 0 heterocycles. The van der Waals surface area contributed by atoms with E-state index in [0.717, 1.165) is 10.5 Å². The number of hydrogen-bond acceptors (Lipinski definition) is 12. The Morgan fingerprint density at radius 1 is 0.613 bits per heavy atom. The molecule has 0 saturated heterocycles. The van der Waals surface area contributed by atoms with E-state index in [9.17, 15) is 39.6 Å². The van der Waals surface area contributed by atoms with Crippen LogP contribution in [-0.4, -0.2) is 90.9 Å². The molecule has 1 rings (SSSR count). The molecule has 0 aliphatic carbocycles. The number of carbonyl (C=O) groups is 4. The van der Waals surface area contributed by atoms with Gasteiger partial charge in [0.1, 0.15) is 0 Å². The van der Waals surface area contributed by atoms with Gasteiger partial charge in [-0.25, -0.2) is 0 Å². The first kappa shape index (κ1) is 25.8. The van der Waals surface area contributed by atoms with Gasteiger partial charge in [0.25, 0.3) is 0 Å². The first-order valence-electron chi connectivity index (χ1n) is 9.36. The lowest BCUT2D eigenvalue weighted by atomic mass is 10.2. The van der Waals surface area contributed by atoms with Crippen LogP contribution in [0.3, 0.4) is 0 Å². The smallest absolute Gasteiger partial charge is 0.0555 e. The largest absolute Gasteiger partial charge is 0.549 e. The summed E-state index contributed by atoms with van der Waals surface area (Å²) in [5, 5.41) is 43.7. The van der Waals surface area contributed by atoms with Crippen LogP contribution >= 0.6 is 0 Å². The number of carboxylic acids is 4. The molecule has 0 aliphatic rings. The maximum atomic E-state index is 11.1. The minimum atomic E-state index is -1.49. The Labute approximate surface area is 179 Å². The van der Waals surface area contributed by atoms with Gasteiger partial charge in [-0.05, 0) is 17.7 Å². The molecule has 2 N–H and O–H groups in total. The number of benzene rings is 1. The minimum Gasteiger partial charge on any atom is -0.549 e. The fourth-order valence-corrected chi connectivity index (χ4v) is 2.88. The highest BCUT2D eigenvalue weighted by Crippen LogP contribution is 2.08. The Morgan fingerprint density at radius 2 is 0.968 bits per heavy atom. The zero-order valence-corrected chi connectivity index (χ0v) is 16.9. The second-order valence-corrected chi connectivity index (χ2v) is 6.93. The molecule has 0 saturated carbocycles. The second-order valence-electron chi connectivity index (χ2n) is 6.93. The van der Waals surface area contributed by atoms with Gasteiger partial charge in [-0.1, -0.05) is 12.1 Å². The molecule has 1 aromatic carbocycles. The first-order valence-corrected chi connectivity index (χ1v) is 9.36. The Bertz CT molecular complexity index is 740. The predicted molar refractivity (Wildman–Crippen MR) is 99.0 cm³/mol. The van der Waals surface area contributed by atoms with Crippen molar-refractivity contribution in [3.05, 3.63) is 29.8 Å². The van der Waals surface area contributed by atoms with E-state index in [1.807, 2.05) is 0 Å². The van der Waals surface area contributed by atoms with Gasteiger partial charge < -0.3 is 45.3 Å². The van der Waals surface area contributed by atoms with Crippen molar-refractivity contribution >= 4 is 29.6 Å². The fourth-order valence-electron chi connectivity index (χ4n) is 2.88. The third-order valence-corrected chi connectivity index (χ3v) is 4.26. The van der Waals surface area contributed by atoms with E-state index in [-0.39, 0.29) is 32.7 Å². The molecule has 0 atom stereocenters. The van der Waals surface area contributed by atoms with Crippen molar-refractivity contribution in [2.45, 2.75) is 6.54 Å². The van der Waals surface area contributed by atoms with E-state index in [1.54, 1.807) is 24.3 Å². The summed E-state index contributed by atoms with van der Waals surface area (Å²) >= 11 is 0. The quantitative estimate of drug-likeness (QED) is 0.241. The molecule has 12 heteroatoms. The van der Waals surface area contributed by atoms with Crippen LogP contribution in [0.1, 0.15) is 5.56 Å². The van der Waals surface area contributed by atoms with Crippen LogP contribution in [0.15, 0.2) is 24.3 Å². The van der Waals surface area contributed by atoms with Crippen molar-refractivity contribution in [3.8, 4) is 0 Å². The number of carboxylic acid groups (broad SMARTS) is 4. The average molecular weight is 436 g/mol. The predicted octanol–water partition coefficient (Wildman–Crippen LogP) is -6.33. The van der Waals surface area contributed by atoms with Gasteiger partial charge in [-0.2, -0.15) is 0 Å². The summed E-state index contributed by atoms with van der Waals surface area (Å²) in [4.78, 5) is 47.6. The molecule has 0 bridgehead atoms. The normalized spacial score (nSPS) is 11.2. The summed E-state index contributed by atoms with van der Waals surface area (Å²) in [5.41, 5.74) is 6.97. The minimum absolute atomic E-state index is 0.00439. The molecular formula is C19H24N4O8-4. The summed E-state index contributed by atoms with van der Waals surface area (Å²) in [7, 11) is 0. The van der Waals surface area contributed by atoms with Gasteiger partial charge in [0, 0.05) is 64.6 Å². The summed E-state index contributed by atoms with van der Waals surface area (Å²) in [6.45, 7) is -1.84. The van der Waals surface area contributed by atoms with Gasteiger partial charge in [-0.3, -0.25) is 14.7 Å². The van der Waals surface area contributed by atoms with Gasteiger partial charge in [0.05, 0.1) is 23.9 Å². The van der Waals surface area contributed by atoms with Crippen LogP contribution in [0.4, 0.5) is 5.69 Å². The molecule has 0 amide bonds. The number of aliphatic carboxylic acids is 4. The van der Waals surface area contributed by atoms with E-state index in [0.29, 0.717) is 5.69 Å². The van der Waals surface area contributed by atoms with Crippen LogP contribution < -0.4 is 26.2 Å². The van der Waals surface area contributed by atoms with Gasteiger partial charge in [0.15, 0.2) is 0 Å². The van der Waals surface area contributed by atoms with E-state index in [2.05, 4.69) is 0 Å². The molecule has 0 spiro atoms. The number of nitrogens with zero attached hydrogens (tertiary/aromatic N) is 3. The fraction of sp³-hybridized carbons (Fsp3) is 0.474. The van der Waals surface area contributed by atoms with E-state index >= 15 is 0 Å². The number of carbonyl (C=O) groups excluding carboxylic acids is 4. The lowest BCUT2D eigenvalue weighted by Crippen LogP contribution is -2.49. The van der Waals surface area contributed by atoms with Crippen LogP contribution in [-0.2, 0) is 25.7 Å².